The molecule has 1 atom stereocenters. The first-order valence-electron chi connectivity index (χ1n) is 10.6. The van der Waals surface area contributed by atoms with E-state index in [9.17, 15) is 14.3 Å². The van der Waals surface area contributed by atoms with Gasteiger partial charge >= 0.3 is 0 Å². The van der Waals surface area contributed by atoms with Gasteiger partial charge in [0.2, 0.25) is 0 Å². The van der Waals surface area contributed by atoms with Gasteiger partial charge in [0, 0.05) is 44.6 Å². The minimum atomic E-state index is -0.535. The second kappa shape index (κ2) is 8.89. The van der Waals surface area contributed by atoms with Crippen molar-refractivity contribution in [2.75, 3.05) is 31.1 Å². The van der Waals surface area contributed by atoms with Gasteiger partial charge in [0.25, 0.3) is 5.56 Å². The van der Waals surface area contributed by atoms with Gasteiger partial charge < -0.3 is 14.6 Å². The Morgan fingerprint density at radius 3 is 2.52 bits per heavy atom. The zero-order valence-corrected chi connectivity index (χ0v) is 17.8. The first-order chi connectivity index (χ1) is 15.0. The highest BCUT2D eigenvalue weighted by atomic mass is 19.1. The van der Waals surface area contributed by atoms with Crippen LogP contribution in [0.1, 0.15) is 29.8 Å². The molecule has 0 unspecified atom stereocenters. The highest BCUT2D eigenvalue weighted by Gasteiger charge is 2.31. The van der Waals surface area contributed by atoms with Crippen LogP contribution < -0.4 is 10.5 Å². The molecule has 1 saturated heterocycles. The van der Waals surface area contributed by atoms with Gasteiger partial charge in [-0.1, -0.05) is 18.2 Å². The average molecular weight is 423 g/mol. The number of nitrogens with zero attached hydrogens (tertiary/aromatic N) is 4. The van der Waals surface area contributed by atoms with Gasteiger partial charge in [0.05, 0.1) is 11.6 Å². The highest BCUT2D eigenvalue weighted by Crippen LogP contribution is 2.34. The Labute approximate surface area is 181 Å². The molecule has 31 heavy (non-hydrogen) atoms. The lowest BCUT2D eigenvalue weighted by Gasteiger charge is -2.40. The van der Waals surface area contributed by atoms with Crippen LogP contribution in [0.2, 0.25) is 0 Å². The minimum absolute atomic E-state index is 0.0476. The van der Waals surface area contributed by atoms with Crippen LogP contribution in [0, 0.1) is 12.7 Å². The van der Waals surface area contributed by atoms with E-state index < -0.39 is 6.04 Å². The quantitative estimate of drug-likeness (QED) is 0.684. The van der Waals surface area contributed by atoms with Crippen molar-refractivity contribution in [3.8, 4) is 5.75 Å². The number of aromatic nitrogens is 2. The standard InChI is InChI=1S/C24H27FN4O2/c1-3-29-17(2)15-20(30)22(24(29)31)23(18-7-6-8-19(25)16-18)28-13-11-27(12-14-28)21-9-4-5-10-26-21/h4-10,15-16,23,30H,3,11-14H2,1-2H3/t23-/m0/s1. The highest BCUT2D eigenvalue weighted by molar-refractivity contribution is 5.42. The summed E-state index contributed by atoms with van der Waals surface area (Å²) < 4.78 is 15.8. The van der Waals surface area contributed by atoms with Crippen LogP contribution in [0.3, 0.4) is 0 Å². The van der Waals surface area contributed by atoms with Crippen LogP contribution in [0.5, 0.6) is 5.75 Å². The molecule has 1 aromatic carbocycles. The van der Waals surface area contributed by atoms with Crippen LogP contribution in [0.25, 0.3) is 0 Å². The zero-order valence-electron chi connectivity index (χ0n) is 17.8. The summed E-state index contributed by atoms with van der Waals surface area (Å²) in [4.78, 5) is 22.1. The van der Waals surface area contributed by atoms with Gasteiger partial charge in [0.15, 0.2) is 0 Å². The number of hydrogen-bond donors (Lipinski definition) is 1. The summed E-state index contributed by atoms with van der Waals surface area (Å²) in [5.74, 6) is 0.502. The Morgan fingerprint density at radius 2 is 1.87 bits per heavy atom. The smallest absolute Gasteiger partial charge is 0.259 e. The molecular weight excluding hydrogens is 395 g/mol. The number of rotatable bonds is 5. The Morgan fingerprint density at radius 1 is 1.10 bits per heavy atom. The minimum Gasteiger partial charge on any atom is -0.507 e. The third kappa shape index (κ3) is 4.18. The number of anilines is 1. The van der Waals surface area contributed by atoms with Gasteiger partial charge in [-0.25, -0.2) is 9.37 Å². The topological polar surface area (TPSA) is 61.6 Å². The maximum Gasteiger partial charge on any atom is 0.259 e. The second-order valence-corrected chi connectivity index (χ2v) is 7.80. The van der Waals surface area contributed by atoms with Crippen molar-refractivity contribution in [1.82, 2.24) is 14.5 Å². The molecule has 0 bridgehead atoms. The molecule has 1 fully saturated rings. The third-order valence-corrected chi connectivity index (χ3v) is 5.93. The number of hydrogen-bond acceptors (Lipinski definition) is 5. The van der Waals surface area contributed by atoms with E-state index in [0.717, 1.165) is 18.9 Å². The van der Waals surface area contributed by atoms with Crippen LogP contribution >= 0.6 is 0 Å². The lowest BCUT2D eigenvalue weighted by molar-refractivity contribution is 0.206. The lowest BCUT2D eigenvalue weighted by Crippen LogP contribution is -2.49. The predicted octanol–water partition coefficient (Wildman–Crippen LogP) is 3.33. The van der Waals surface area contributed by atoms with Crippen molar-refractivity contribution < 1.29 is 9.50 Å². The predicted molar refractivity (Wildman–Crippen MR) is 119 cm³/mol. The van der Waals surface area contributed by atoms with Crippen molar-refractivity contribution in [3.05, 3.63) is 87.7 Å². The molecule has 0 aliphatic carbocycles. The van der Waals surface area contributed by atoms with Crippen molar-refractivity contribution in [2.45, 2.75) is 26.4 Å². The van der Waals surface area contributed by atoms with E-state index in [0.29, 0.717) is 36.5 Å². The largest absolute Gasteiger partial charge is 0.507 e. The number of aromatic hydroxyl groups is 1. The molecule has 1 aliphatic rings. The van der Waals surface area contributed by atoms with E-state index in [2.05, 4.69) is 14.8 Å². The maximum absolute atomic E-state index is 14.1. The summed E-state index contributed by atoms with van der Waals surface area (Å²) in [6.07, 6.45) is 1.77. The first-order valence-corrected chi connectivity index (χ1v) is 10.6. The summed E-state index contributed by atoms with van der Waals surface area (Å²) in [6, 6.07) is 13.2. The van der Waals surface area contributed by atoms with Crippen LogP contribution in [0.15, 0.2) is 59.5 Å². The number of pyridine rings is 2. The van der Waals surface area contributed by atoms with Gasteiger partial charge in [0.1, 0.15) is 17.4 Å². The molecule has 3 aromatic rings. The van der Waals surface area contributed by atoms with E-state index >= 15 is 0 Å². The van der Waals surface area contributed by atoms with Crippen molar-refractivity contribution in [1.29, 1.82) is 0 Å². The molecular formula is C24H27FN4O2. The van der Waals surface area contributed by atoms with Crippen molar-refractivity contribution >= 4 is 5.82 Å². The van der Waals surface area contributed by atoms with Gasteiger partial charge in [-0.15, -0.1) is 0 Å². The molecule has 6 nitrogen and oxygen atoms in total. The Kier molecular flexibility index (Phi) is 6.04. The fourth-order valence-corrected chi connectivity index (χ4v) is 4.41. The molecule has 7 heteroatoms. The molecule has 1 N–H and O–H groups in total. The first kappa shape index (κ1) is 21.1. The summed E-state index contributed by atoms with van der Waals surface area (Å²) in [5, 5.41) is 10.8. The Bertz CT molecular complexity index is 1110. The molecule has 1 aliphatic heterocycles. The summed E-state index contributed by atoms with van der Waals surface area (Å²) >= 11 is 0. The Hall–Kier alpha value is -3.19. The monoisotopic (exact) mass is 422 g/mol. The fraction of sp³-hybridized carbons (Fsp3) is 0.333. The normalized spacial score (nSPS) is 15.8. The molecule has 0 radical (unpaired) electrons. The van der Waals surface area contributed by atoms with E-state index in [1.54, 1.807) is 29.8 Å². The number of piperazine rings is 1. The van der Waals surface area contributed by atoms with Crippen LogP contribution in [-0.4, -0.2) is 45.7 Å². The molecule has 0 saturated carbocycles. The second-order valence-electron chi connectivity index (χ2n) is 7.80. The third-order valence-electron chi connectivity index (χ3n) is 5.93. The van der Waals surface area contributed by atoms with E-state index in [1.165, 1.54) is 12.1 Å². The molecule has 4 rings (SSSR count). The Balaban J connectivity index is 1.73. The van der Waals surface area contributed by atoms with Crippen LogP contribution in [-0.2, 0) is 6.54 Å². The van der Waals surface area contributed by atoms with Gasteiger partial charge in [-0.05, 0) is 49.7 Å². The molecule has 3 heterocycles. The fourth-order valence-electron chi connectivity index (χ4n) is 4.41. The zero-order chi connectivity index (χ0) is 22.0. The molecule has 2 aromatic heterocycles. The van der Waals surface area contributed by atoms with Gasteiger partial charge in [-0.3, -0.25) is 9.69 Å². The van der Waals surface area contributed by atoms with Crippen LogP contribution in [0.4, 0.5) is 10.2 Å². The van der Waals surface area contributed by atoms with Gasteiger partial charge in [-0.2, -0.15) is 0 Å². The SMILES string of the molecule is CCn1c(C)cc(O)c([C@H](c2cccc(F)c2)N2CCN(c3ccccn3)CC2)c1=O. The van der Waals surface area contributed by atoms with E-state index in [1.807, 2.05) is 31.2 Å². The van der Waals surface area contributed by atoms with E-state index in [-0.39, 0.29) is 17.1 Å². The van der Waals surface area contributed by atoms with Crippen molar-refractivity contribution in [2.24, 2.45) is 0 Å². The summed E-state index contributed by atoms with van der Waals surface area (Å²) in [7, 11) is 0. The molecule has 162 valence electrons. The number of benzene rings is 1. The van der Waals surface area contributed by atoms with E-state index in [4.69, 9.17) is 0 Å². The van der Waals surface area contributed by atoms with Crippen molar-refractivity contribution in [3.63, 3.8) is 0 Å². The molecule has 0 spiro atoms. The lowest BCUT2D eigenvalue weighted by atomic mass is 9.96. The summed E-state index contributed by atoms with van der Waals surface area (Å²) in [6.45, 7) is 6.94. The maximum atomic E-state index is 14.1. The number of aryl methyl sites for hydroxylation is 1. The number of halogens is 1. The average Bonchev–Trinajstić information content (AvgIpc) is 2.77. The summed E-state index contributed by atoms with van der Waals surface area (Å²) in [5.41, 5.74) is 1.42. The molecule has 0 amide bonds.